The first-order valence-electron chi connectivity index (χ1n) is 5.79. The third-order valence-corrected chi connectivity index (χ3v) is 2.70. The second-order valence-corrected chi connectivity index (χ2v) is 4.16. The minimum Gasteiger partial charge on any atom is -0.507 e. The molecule has 0 saturated heterocycles. The molecule has 0 aliphatic rings. The monoisotopic (exact) mass is 253 g/mol. The lowest BCUT2D eigenvalue weighted by atomic mass is 10.1. The van der Waals surface area contributed by atoms with Crippen molar-refractivity contribution in [3.05, 3.63) is 48.2 Å². The van der Waals surface area contributed by atoms with Crippen LogP contribution in [0.1, 0.15) is 5.56 Å². The average Bonchev–Trinajstić information content (AvgIpc) is 2.92. The van der Waals surface area contributed by atoms with Gasteiger partial charge in [-0.05, 0) is 31.2 Å². The molecule has 3 rings (SSSR count). The number of aromatic nitrogens is 3. The molecule has 0 fully saturated rings. The summed E-state index contributed by atoms with van der Waals surface area (Å²) in [6.45, 7) is 1.93. The van der Waals surface area contributed by atoms with Crippen LogP contribution in [-0.2, 0) is 0 Å². The van der Waals surface area contributed by atoms with Crippen LogP contribution >= 0.6 is 0 Å². The van der Waals surface area contributed by atoms with Gasteiger partial charge in [-0.1, -0.05) is 22.9 Å². The van der Waals surface area contributed by atoms with Crippen LogP contribution in [-0.4, -0.2) is 20.2 Å². The molecule has 94 valence electrons. The highest BCUT2D eigenvalue weighted by Gasteiger charge is 2.14. The zero-order valence-corrected chi connectivity index (χ0v) is 10.2. The third kappa shape index (κ3) is 2.18. The van der Waals surface area contributed by atoms with Gasteiger partial charge < -0.3 is 9.63 Å². The second-order valence-electron chi connectivity index (χ2n) is 4.16. The zero-order valence-electron chi connectivity index (χ0n) is 10.2. The molecule has 0 saturated carbocycles. The Bertz CT molecular complexity index is 708. The van der Waals surface area contributed by atoms with E-state index < -0.39 is 0 Å². The van der Waals surface area contributed by atoms with Crippen molar-refractivity contribution in [2.75, 3.05) is 0 Å². The molecular weight excluding hydrogens is 242 g/mol. The maximum absolute atomic E-state index is 9.82. The minimum absolute atomic E-state index is 0.113. The Morgan fingerprint density at radius 2 is 2.05 bits per heavy atom. The number of phenols is 1. The molecular formula is C14H11N3O2. The fourth-order valence-corrected chi connectivity index (χ4v) is 1.75. The van der Waals surface area contributed by atoms with Gasteiger partial charge in [-0.25, -0.2) is 0 Å². The Labute approximate surface area is 109 Å². The molecule has 0 bridgehead atoms. The van der Waals surface area contributed by atoms with Crippen molar-refractivity contribution in [3.63, 3.8) is 0 Å². The van der Waals surface area contributed by atoms with Gasteiger partial charge in [0.15, 0.2) is 0 Å². The summed E-state index contributed by atoms with van der Waals surface area (Å²) < 4.78 is 5.18. The van der Waals surface area contributed by atoms with E-state index in [0.29, 0.717) is 17.1 Å². The van der Waals surface area contributed by atoms with E-state index in [1.54, 1.807) is 24.4 Å². The van der Waals surface area contributed by atoms with Crippen molar-refractivity contribution < 1.29 is 9.63 Å². The molecule has 19 heavy (non-hydrogen) atoms. The summed E-state index contributed by atoms with van der Waals surface area (Å²) >= 11 is 0. The van der Waals surface area contributed by atoms with Crippen molar-refractivity contribution >= 4 is 0 Å². The van der Waals surface area contributed by atoms with Crippen molar-refractivity contribution in [1.29, 1.82) is 0 Å². The predicted octanol–water partition coefficient (Wildman–Crippen LogP) is 2.81. The molecule has 1 N–H and O–H groups in total. The van der Waals surface area contributed by atoms with Gasteiger partial charge in [-0.3, -0.25) is 4.98 Å². The van der Waals surface area contributed by atoms with E-state index in [4.69, 9.17) is 4.52 Å². The van der Waals surface area contributed by atoms with Crippen LogP contribution < -0.4 is 0 Å². The smallest absolute Gasteiger partial charge is 0.262 e. The molecule has 2 heterocycles. The van der Waals surface area contributed by atoms with Gasteiger partial charge in [-0.2, -0.15) is 4.98 Å². The molecule has 2 aromatic heterocycles. The van der Waals surface area contributed by atoms with E-state index >= 15 is 0 Å². The highest BCUT2D eigenvalue weighted by Crippen LogP contribution is 2.29. The normalized spacial score (nSPS) is 10.6. The van der Waals surface area contributed by atoms with Crippen LogP contribution in [0.15, 0.2) is 47.1 Å². The van der Waals surface area contributed by atoms with E-state index in [0.717, 1.165) is 5.56 Å². The number of pyridine rings is 1. The number of hydrogen-bond donors (Lipinski definition) is 1. The Kier molecular flexibility index (Phi) is 2.72. The van der Waals surface area contributed by atoms with E-state index in [2.05, 4.69) is 15.1 Å². The first-order chi connectivity index (χ1) is 9.24. The van der Waals surface area contributed by atoms with Crippen LogP contribution in [0.5, 0.6) is 5.75 Å². The number of benzene rings is 1. The van der Waals surface area contributed by atoms with E-state index in [9.17, 15) is 5.11 Å². The molecule has 5 nitrogen and oxygen atoms in total. The minimum atomic E-state index is 0.113. The fraction of sp³-hybridized carbons (Fsp3) is 0.0714. The van der Waals surface area contributed by atoms with Gasteiger partial charge in [0.05, 0.1) is 5.56 Å². The quantitative estimate of drug-likeness (QED) is 0.760. The largest absolute Gasteiger partial charge is 0.507 e. The van der Waals surface area contributed by atoms with E-state index in [1.165, 1.54) is 0 Å². The summed E-state index contributed by atoms with van der Waals surface area (Å²) in [7, 11) is 0. The fourth-order valence-electron chi connectivity index (χ4n) is 1.75. The first-order valence-corrected chi connectivity index (χ1v) is 5.79. The van der Waals surface area contributed by atoms with Gasteiger partial charge >= 0.3 is 0 Å². The highest BCUT2D eigenvalue weighted by atomic mass is 16.5. The number of rotatable bonds is 2. The van der Waals surface area contributed by atoms with Crippen molar-refractivity contribution in [2.24, 2.45) is 0 Å². The first kappa shape index (κ1) is 11.4. The number of nitrogens with zero attached hydrogens (tertiary/aromatic N) is 3. The van der Waals surface area contributed by atoms with Crippen LogP contribution in [0.4, 0.5) is 0 Å². The Morgan fingerprint density at radius 3 is 2.84 bits per heavy atom. The zero-order chi connectivity index (χ0) is 13.2. The average molecular weight is 253 g/mol. The Morgan fingerprint density at radius 1 is 1.16 bits per heavy atom. The standard InChI is InChI=1S/C14H11N3O2/c1-9-5-6-12(18)10(8-9)14-16-13(17-19-14)11-4-2-3-7-15-11/h2-8,18H,1H3. The van der Waals surface area contributed by atoms with Gasteiger partial charge in [0.1, 0.15) is 11.4 Å². The lowest BCUT2D eigenvalue weighted by Gasteiger charge is -1.99. The summed E-state index contributed by atoms with van der Waals surface area (Å²) in [5.74, 6) is 0.792. The van der Waals surface area contributed by atoms with Crippen LogP contribution in [0.25, 0.3) is 23.0 Å². The highest BCUT2D eigenvalue weighted by molar-refractivity contribution is 5.64. The molecule has 0 atom stereocenters. The molecule has 0 radical (unpaired) electrons. The second kappa shape index (κ2) is 4.53. The third-order valence-electron chi connectivity index (χ3n) is 2.70. The van der Waals surface area contributed by atoms with Gasteiger partial charge in [0.2, 0.25) is 5.82 Å². The number of aromatic hydroxyl groups is 1. The molecule has 5 heteroatoms. The van der Waals surface area contributed by atoms with Crippen LogP contribution in [0.3, 0.4) is 0 Å². The van der Waals surface area contributed by atoms with Gasteiger partial charge in [-0.15, -0.1) is 0 Å². The summed E-state index contributed by atoms with van der Waals surface area (Å²) in [5, 5.41) is 13.7. The molecule has 0 unspecified atom stereocenters. The van der Waals surface area contributed by atoms with E-state index in [1.807, 2.05) is 25.1 Å². The number of aryl methyl sites for hydroxylation is 1. The maximum Gasteiger partial charge on any atom is 0.262 e. The molecule has 0 spiro atoms. The predicted molar refractivity (Wildman–Crippen MR) is 69.4 cm³/mol. The molecule has 0 aliphatic heterocycles. The van der Waals surface area contributed by atoms with Gasteiger partial charge in [0.25, 0.3) is 5.89 Å². The number of phenolic OH excluding ortho intramolecular Hbond substituents is 1. The molecule has 3 aromatic rings. The Balaban J connectivity index is 2.04. The summed E-state index contributed by atoms with van der Waals surface area (Å²) in [6.07, 6.45) is 1.66. The van der Waals surface area contributed by atoms with Crippen LogP contribution in [0, 0.1) is 6.92 Å². The van der Waals surface area contributed by atoms with E-state index in [-0.39, 0.29) is 11.6 Å². The topological polar surface area (TPSA) is 72.0 Å². The molecule has 0 amide bonds. The SMILES string of the molecule is Cc1ccc(O)c(-c2nc(-c3ccccn3)no2)c1. The summed E-state index contributed by atoms with van der Waals surface area (Å²) in [6, 6.07) is 10.7. The van der Waals surface area contributed by atoms with Crippen molar-refractivity contribution in [1.82, 2.24) is 15.1 Å². The van der Waals surface area contributed by atoms with Crippen LogP contribution in [0.2, 0.25) is 0 Å². The summed E-state index contributed by atoms with van der Waals surface area (Å²) in [4.78, 5) is 8.40. The lowest BCUT2D eigenvalue weighted by molar-refractivity contribution is 0.425. The lowest BCUT2D eigenvalue weighted by Crippen LogP contribution is -1.85. The van der Waals surface area contributed by atoms with Crippen molar-refractivity contribution in [2.45, 2.75) is 6.92 Å². The maximum atomic E-state index is 9.82. The molecule has 1 aromatic carbocycles. The Hall–Kier alpha value is -2.69. The van der Waals surface area contributed by atoms with Gasteiger partial charge in [0, 0.05) is 6.20 Å². The summed E-state index contributed by atoms with van der Waals surface area (Å²) in [5.41, 5.74) is 2.16. The molecule has 0 aliphatic carbocycles. The van der Waals surface area contributed by atoms with Crippen molar-refractivity contribution in [3.8, 4) is 28.7 Å². The number of hydrogen-bond acceptors (Lipinski definition) is 5.